The Bertz CT molecular complexity index is 1360. The van der Waals surface area contributed by atoms with Gasteiger partial charge < -0.3 is 10.2 Å². The van der Waals surface area contributed by atoms with Gasteiger partial charge in [-0.3, -0.25) is 9.59 Å². The minimum Gasteiger partial charge on any atom is -0.332 e. The number of nitrogens with zero attached hydrogens (tertiary/aromatic N) is 1. The maximum absolute atomic E-state index is 14.0. The zero-order valence-electron chi connectivity index (χ0n) is 22.2. The monoisotopic (exact) mass is 580 g/mol. The first-order chi connectivity index (χ1) is 18.6. The van der Waals surface area contributed by atoms with Crippen LogP contribution in [0, 0.1) is 6.92 Å². The second-order valence-electron chi connectivity index (χ2n) is 10.1. The van der Waals surface area contributed by atoms with Gasteiger partial charge in [0, 0.05) is 35.3 Å². The number of piperidine rings is 1. The van der Waals surface area contributed by atoms with Gasteiger partial charge in [0.2, 0.25) is 5.91 Å². The fraction of sp³-hybridized carbons (Fsp3) is 0.250. The topological polar surface area (TPSA) is 49.4 Å². The molecule has 0 aromatic heterocycles. The predicted octanol–water partition coefficient (Wildman–Crippen LogP) is 7.44. The first-order valence-corrected chi connectivity index (χ1v) is 14.0. The molecule has 3 aromatic carbocycles. The van der Waals surface area contributed by atoms with Gasteiger partial charge in [0.1, 0.15) is 0 Å². The highest BCUT2D eigenvalue weighted by Gasteiger charge is 2.33. The molecule has 4 nitrogen and oxygen atoms in total. The number of carbonyl (C=O) groups is 2. The summed E-state index contributed by atoms with van der Waals surface area (Å²) in [7, 11) is 0. The maximum Gasteiger partial charge on any atom is 0.240 e. The lowest BCUT2D eigenvalue weighted by Gasteiger charge is -2.33. The molecule has 7 heteroatoms. The number of benzene rings is 3. The van der Waals surface area contributed by atoms with Gasteiger partial charge >= 0.3 is 0 Å². The molecule has 1 atom stereocenters. The van der Waals surface area contributed by atoms with Crippen molar-refractivity contribution in [2.45, 2.75) is 39.3 Å². The van der Waals surface area contributed by atoms with Gasteiger partial charge in [-0.1, -0.05) is 97.2 Å². The molecule has 1 N–H and O–H groups in total. The van der Waals surface area contributed by atoms with Gasteiger partial charge in [-0.2, -0.15) is 0 Å². The molecular weight excluding hydrogens is 551 g/mol. The number of nitrogens with one attached hydrogen (secondary N) is 1. The number of aryl methyl sites for hydroxylation is 1. The number of rotatable bonds is 7. The quantitative estimate of drug-likeness (QED) is 0.295. The van der Waals surface area contributed by atoms with Crippen LogP contribution in [0.2, 0.25) is 15.1 Å². The molecule has 0 aliphatic carbocycles. The third kappa shape index (κ3) is 7.61. The Morgan fingerprint density at radius 1 is 0.872 bits per heavy atom. The lowest BCUT2D eigenvalue weighted by molar-refractivity contribution is -0.133. The van der Waals surface area contributed by atoms with Crippen molar-refractivity contribution >= 4 is 58.6 Å². The molecule has 1 aliphatic heterocycles. The van der Waals surface area contributed by atoms with Crippen LogP contribution in [0.4, 0.5) is 0 Å². The Morgan fingerprint density at radius 2 is 1.46 bits per heavy atom. The highest BCUT2D eigenvalue weighted by Crippen LogP contribution is 2.27. The summed E-state index contributed by atoms with van der Waals surface area (Å²) >= 11 is 18.6. The lowest BCUT2D eigenvalue weighted by atomic mass is 9.93. The van der Waals surface area contributed by atoms with E-state index in [0.29, 0.717) is 32.6 Å². The Hall–Kier alpha value is -2.89. The van der Waals surface area contributed by atoms with Gasteiger partial charge in [0.05, 0.1) is 16.1 Å². The third-order valence-electron chi connectivity index (χ3n) is 6.54. The first kappa shape index (κ1) is 29.1. The van der Waals surface area contributed by atoms with Crippen LogP contribution < -0.4 is 5.32 Å². The molecule has 0 saturated carbocycles. The van der Waals surface area contributed by atoms with E-state index in [-0.39, 0.29) is 30.8 Å². The molecular formula is C32H31Cl3N2O2. The third-order valence-corrected chi connectivity index (χ3v) is 7.70. The van der Waals surface area contributed by atoms with Gasteiger partial charge in [-0.25, -0.2) is 0 Å². The largest absolute Gasteiger partial charge is 0.332 e. The van der Waals surface area contributed by atoms with Gasteiger partial charge in [-0.05, 0) is 65.9 Å². The summed E-state index contributed by atoms with van der Waals surface area (Å²) in [6, 6.07) is 20.4. The van der Waals surface area contributed by atoms with Crippen molar-refractivity contribution < 1.29 is 9.59 Å². The molecule has 0 unspecified atom stereocenters. The maximum atomic E-state index is 14.0. The van der Waals surface area contributed by atoms with Crippen LogP contribution in [0.5, 0.6) is 0 Å². The first-order valence-electron chi connectivity index (χ1n) is 12.9. The second-order valence-corrected chi connectivity index (χ2v) is 11.3. The van der Waals surface area contributed by atoms with Crippen molar-refractivity contribution in [3.63, 3.8) is 0 Å². The number of hydrogen-bond donors (Lipinski definition) is 1. The van der Waals surface area contributed by atoms with E-state index in [9.17, 15) is 9.59 Å². The van der Waals surface area contributed by atoms with Crippen LogP contribution in [0.1, 0.15) is 36.1 Å². The molecule has 39 heavy (non-hydrogen) atoms. The zero-order chi connectivity index (χ0) is 28.1. The SMILES string of the molecule is Cc1cc(/C=C2\CN(C(=O)[C@@H](Cc3ccccc3)NC(C)C)C/C(=C\c3ccc(Cl)c(Cl)c3)C2=O)ccc1Cl. The molecule has 1 saturated heterocycles. The number of carbonyl (C=O) groups excluding carboxylic acids is 2. The Balaban J connectivity index is 1.72. The van der Waals surface area contributed by atoms with E-state index in [0.717, 1.165) is 22.3 Å². The molecule has 1 amide bonds. The summed E-state index contributed by atoms with van der Waals surface area (Å²) in [4.78, 5) is 29.4. The number of amides is 1. The molecule has 1 heterocycles. The summed E-state index contributed by atoms with van der Waals surface area (Å²) in [6.07, 6.45) is 4.17. The Labute approximate surface area is 245 Å². The normalized spacial score (nSPS) is 16.8. The zero-order valence-corrected chi connectivity index (χ0v) is 24.4. The molecule has 3 aromatic rings. The van der Waals surface area contributed by atoms with Gasteiger partial charge in [-0.15, -0.1) is 0 Å². The fourth-order valence-electron chi connectivity index (χ4n) is 4.65. The standard InChI is InChI=1S/C32H31Cl3N2O2/c1-20(2)36-30(17-22-7-5-4-6-8-22)32(39)37-18-25(14-23-9-11-27(33)21(3)13-23)31(38)26(19-37)15-24-10-12-28(34)29(35)16-24/h4-16,20,30,36H,17-19H2,1-3H3/b25-14+,26-15+/t30-/m1/s1. The number of Topliss-reactive ketones (excluding diaryl/α,β-unsaturated/α-hetero) is 1. The number of hydrogen-bond acceptors (Lipinski definition) is 3. The minimum atomic E-state index is -0.439. The average Bonchev–Trinajstić information content (AvgIpc) is 2.90. The van der Waals surface area contributed by atoms with E-state index >= 15 is 0 Å². The predicted molar refractivity (Wildman–Crippen MR) is 162 cm³/mol. The van der Waals surface area contributed by atoms with Crippen LogP contribution in [0.3, 0.4) is 0 Å². The number of likely N-dealkylation sites (tertiary alicyclic amines) is 1. The Morgan fingerprint density at radius 3 is 2.03 bits per heavy atom. The fourth-order valence-corrected chi connectivity index (χ4v) is 5.07. The summed E-state index contributed by atoms with van der Waals surface area (Å²) in [6.45, 7) is 6.37. The number of halogens is 3. The van der Waals surface area contributed by atoms with Crippen LogP contribution in [0.15, 0.2) is 77.9 Å². The van der Waals surface area contributed by atoms with E-state index in [1.807, 2.05) is 75.4 Å². The number of ketones is 1. The van der Waals surface area contributed by atoms with E-state index in [2.05, 4.69) is 5.32 Å². The van der Waals surface area contributed by atoms with Crippen molar-refractivity contribution in [2.24, 2.45) is 0 Å². The highest BCUT2D eigenvalue weighted by molar-refractivity contribution is 6.42. The molecule has 0 spiro atoms. The van der Waals surface area contributed by atoms with Gasteiger partial charge in [0.25, 0.3) is 0 Å². The molecule has 4 rings (SSSR count). The van der Waals surface area contributed by atoms with E-state index in [1.165, 1.54) is 0 Å². The van der Waals surface area contributed by atoms with Crippen LogP contribution in [-0.2, 0) is 16.0 Å². The lowest BCUT2D eigenvalue weighted by Crippen LogP contribution is -2.52. The molecule has 1 fully saturated rings. The van der Waals surface area contributed by atoms with E-state index in [1.54, 1.807) is 29.2 Å². The molecule has 0 bridgehead atoms. The van der Waals surface area contributed by atoms with Crippen molar-refractivity contribution in [3.8, 4) is 0 Å². The molecule has 202 valence electrons. The van der Waals surface area contributed by atoms with Gasteiger partial charge in [0.15, 0.2) is 5.78 Å². The van der Waals surface area contributed by atoms with Crippen molar-refractivity contribution in [3.05, 3.63) is 115 Å². The summed E-state index contributed by atoms with van der Waals surface area (Å²) in [5.41, 5.74) is 4.61. The summed E-state index contributed by atoms with van der Waals surface area (Å²) in [5.74, 6) is -0.160. The Kier molecular flexibility index (Phi) is 9.68. The summed E-state index contributed by atoms with van der Waals surface area (Å²) < 4.78 is 0. The van der Waals surface area contributed by atoms with Crippen LogP contribution in [0.25, 0.3) is 12.2 Å². The average molecular weight is 582 g/mol. The molecule has 1 aliphatic rings. The van der Waals surface area contributed by atoms with Crippen molar-refractivity contribution in [1.29, 1.82) is 0 Å². The van der Waals surface area contributed by atoms with E-state index in [4.69, 9.17) is 34.8 Å². The smallest absolute Gasteiger partial charge is 0.240 e. The highest BCUT2D eigenvalue weighted by atomic mass is 35.5. The van der Waals surface area contributed by atoms with Crippen LogP contribution in [-0.4, -0.2) is 41.8 Å². The minimum absolute atomic E-state index is 0.0571. The second kappa shape index (κ2) is 13.0. The van der Waals surface area contributed by atoms with Crippen molar-refractivity contribution in [1.82, 2.24) is 10.2 Å². The van der Waals surface area contributed by atoms with Crippen LogP contribution >= 0.6 is 34.8 Å². The van der Waals surface area contributed by atoms with E-state index < -0.39 is 6.04 Å². The molecule has 0 radical (unpaired) electrons. The van der Waals surface area contributed by atoms with Crippen molar-refractivity contribution in [2.75, 3.05) is 13.1 Å². The summed E-state index contributed by atoms with van der Waals surface area (Å²) in [5, 5.41) is 4.93.